The standard InChI is InChI=1S/C3H5O2.CHO2.Pa/c1-2-5-3-4;2-1-3;/h2H2,1H3;(H,2,3);. The summed E-state index contributed by atoms with van der Waals surface area (Å²) in [5.41, 5.74) is 0. The Morgan fingerprint density at radius 1 is 1.67 bits per heavy atom. The molecule has 5 heteroatoms. The summed E-state index contributed by atoms with van der Waals surface area (Å²) >= 11 is -2.34. The Balaban J connectivity index is 3.39. The molecule has 0 amide bonds. The second kappa shape index (κ2) is 4.87. The first-order chi connectivity index (χ1) is 4.16. The van der Waals surface area contributed by atoms with Crippen molar-refractivity contribution in [1.29, 1.82) is 0 Å². The van der Waals surface area contributed by atoms with Gasteiger partial charge in [0, 0.05) is 0 Å². The first-order valence-electron chi connectivity index (χ1n) is 2.41. The summed E-state index contributed by atoms with van der Waals surface area (Å²) in [5.74, 6) is 0. The quantitative estimate of drug-likeness (QED) is 0.823. The van der Waals surface area contributed by atoms with Crippen molar-refractivity contribution in [3.05, 3.63) is 0 Å². The third-order valence-electron chi connectivity index (χ3n) is 0.528. The van der Waals surface area contributed by atoms with E-state index in [1.54, 1.807) is 6.92 Å². The summed E-state index contributed by atoms with van der Waals surface area (Å²) in [7, 11) is 0. The topological polar surface area (TPSA) is 63.6 Å². The molecule has 0 heterocycles. The number of hydrogen-bond donors (Lipinski definition) is 1. The van der Waals surface area contributed by atoms with Gasteiger partial charge in [-0.1, -0.05) is 0 Å². The van der Waals surface area contributed by atoms with Crippen LogP contribution < -0.4 is 0 Å². The van der Waals surface area contributed by atoms with E-state index < -0.39 is 34.5 Å². The molecule has 0 saturated carbocycles. The van der Waals surface area contributed by atoms with Crippen molar-refractivity contribution in [2.45, 2.75) is 6.92 Å². The number of carbonyl (C=O) groups excluding carboxylic acids is 1. The molecule has 1 N–H and O–H groups in total. The molecule has 4 nitrogen and oxygen atoms in total. The first kappa shape index (κ1) is 9.03. The van der Waals surface area contributed by atoms with Gasteiger partial charge in [-0.05, 0) is 0 Å². The molecule has 9 heavy (non-hydrogen) atoms. The molecule has 0 unspecified atom stereocenters. The Morgan fingerprint density at radius 2 is 2.22 bits per heavy atom. The summed E-state index contributed by atoms with van der Waals surface area (Å²) in [4.78, 5) is 20.2. The van der Waals surface area contributed by atoms with E-state index in [1.165, 1.54) is 0 Å². The maximum absolute atomic E-state index is 10.3. The number of ether oxygens (including phenoxy) is 1. The van der Waals surface area contributed by atoms with Gasteiger partial charge in [0.05, 0.1) is 0 Å². The summed E-state index contributed by atoms with van der Waals surface area (Å²) in [6.45, 7) is 1.94. The molecule has 0 radical (unpaired) electrons. The fourth-order valence-corrected chi connectivity index (χ4v) is 2.17. The number of hydrogen-bond acceptors (Lipinski definition) is 3. The molecule has 0 aliphatic rings. The average Bonchev–Trinajstić information content (AvgIpc) is 1.63. The Hall–Kier alpha value is 0.0309. The van der Waals surface area contributed by atoms with Gasteiger partial charge in [0.25, 0.3) is 0 Å². The van der Waals surface area contributed by atoms with Crippen LogP contribution in [0.3, 0.4) is 0 Å². The molecule has 49 valence electrons. The molecule has 0 aromatic carbocycles. The van der Waals surface area contributed by atoms with Crippen LogP contribution in [-0.2, 0) is 4.74 Å². The normalized spacial score (nSPS) is 7.67. The van der Waals surface area contributed by atoms with Crippen LogP contribution in [0.25, 0.3) is 0 Å². The summed E-state index contributed by atoms with van der Waals surface area (Å²) in [6.07, 6.45) is 0. The van der Waals surface area contributed by atoms with E-state index in [4.69, 9.17) is 5.11 Å². The van der Waals surface area contributed by atoms with Crippen LogP contribution in [0.4, 0.5) is 9.59 Å². The van der Waals surface area contributed by atoms with Crippen molar-refractivity contribution in [3.8, 4) is 0 Å². The van der Waals surface area contributed by atoms with Crippen LogP contribution in [0.2, 0.25) is 0 Å². The van der Waals surface area contributed by atoms with Gasteiger partial charge < -0.3 is 0 Å². The van der Waals surface area contributed by atoms with Gasteiger partial charge in [-0.2, -0.15) is 0 Å². The molecule has 0 fully saturated rings. The molecule has 0 rings (SSSR count). The predicted octanol–water partition coefficient (Wildman–Crippen LogP) is 0.906. The molecule has 0 atom stereocenters. The van der Waals surface area contributed by atoms with E-state index >= 15 is 0 Å². The fourth-order valence-electron chi connectivity index (χ4n) is 0.285. The van der Waals surface area contributed by atoms with Gasteiger partial charge in [-0.25, -0.2) is 0 Å². The molecular formula is C4H6O4Pa. The Labute approximate surface area is 67.3 Å². The van der Waals surface area contributed by atoms with Gasteiger partial charge in [-0.15, -0.1) is 0 Å². The zero-order chi connectivity index (χ0) is 7.28. The molecule has 0 bridgehead atoms. The van der Waals surface area contributed by atoms with Crippen molar-refractivity contribution in [2.24, 2.45) is 0 Å². The van der Waals surface area contributed by atoms with Gasteiger partial charge in [-0.3, -0.25) is 0 Å². The molecular weight excluding hydrogens is 343 g/mol. The molecule has 0 spiro atoms. The fraction of sp³-hybridized carbons (Fsp3) is 0.500. The van der Waals surface area contributed by atoms with E-state index in [0.717, 1.165) is 0 Å². The van der Waals surface area contributed by atoms with Crippen molar-refractivity contribution in [3.63, 3.8) is 0 Å². The Morgan fingerprint density at radius 3 is 2.56 bits per heavy atom. The van der Waals surface area contributed by atoms with Crippen molar-refractivity contribution in [2.75, 3.05) is 6.61 Å². The number of rotatable bonds is 3. The van der Waals surface area contributed by atoms with Crippen LogP contribution in [-0.4, -0.2) is 17.4 Å². The third-order valence-corrected chi connectivity index (χ3v) is 3.23. The van der Waals surface area contributed by atoms with Gasteiger partial charge in [0.2, 0.25) is 0 Å². The van der Waals surface area contributed by atoms with Crippen molar-refractivity contribution < 1.29 is 48.3 Å². The van der Waals surface area contributed by atoms with Crippen LogP contribution in [0.5, 0.6) is 0 Å². The average molecular weight is 349 g/mol. The van der Waals surface area contributed by atoms with E-state index in [1.807, 2.05) is 0 Å². The minimum absolute atomic E-state index is 0.283. The maximum atomic E-state index is 10.3. The van der Waals surface area contributed by atoms with E-state index in [9.17, 15) is 9.59 Å². The molecule has 0 aliphatic heterocycles. The van der Waals surface area contributed by atoms with Crippen LogP contribution in [0, 0.1) is 28.8 Å². The first-order valence-corrected chi connectivity index (χ1v) is 7.22. The zero-order valence-corrected chi connectivity index (χ0v) is 9.76. The Bertz CT molecular complexity index is 122. The van der Waals surface area contributed by atoms with E-state index in [-0.39, 0.29) is 6.61 Å². The van der Waals surface area contributed by atoms with Crippen molar-refractivity contribution in [1.82, 2.24) is 0 Å². The molecule has 0 saturated heterocycles. The second-order valence-electron chi connectivity index (χ2n) is 1.23. The number of carboxylic acid groups (broad SMARTS) is 1. The van der Waals surface area contributed by atoms with E-state index in [0.29, 0.717) is 0 Å². The van der Waals surface area contributed by atoms with Gasteiger partial charge in [0.1, 0.15) is 0 Å². The second-order valence-corrected chi connectivity index (χ2v) is 6.46. The zero-order valence-electron chi connectivity index (χ0n) is 4.96. The summed E-state index contributed by atoms with van der Waals surface area (Å²) in [6, 6.07) is 0. The molecule has 0 aromatic heterocycles. The summed E-state index contributed by atoms with van der Waals surface area (Å²) in [5, 5.41) is 8.11. The van der Waals surface area contributed by atoms with Gasteiger partial charge >= 0.3 is 67.5 Å². The van der Waals surface area contributed by atoms with Crippen LogP contribution >= 0.6 is 0 Å². The molecule has 0 aromatic rings. The Kier molecular flexibility index (Phi) is 4.88. The monoisotopic (exact) mass is 349 g/mol. The third kappa shape index (κ3) is 5.91. The van der Waals surface area contributed by atoms with Crippen LogP contribution in [0.15, 0.2) is 0 Å². The van der Waals surface area contributed by atoms with E-state index in [2.05, 4.69) is 4.74 Å². The minimum atomic E-state index is -2.34. The summed E-state index contributed by atoms with van der Waals surface area (Å²) < 4.78 is 3.02. The SMILES string of the molecule is CCO[C](=O)[Pa][C](=O)O. The molecule has 0 aliphatic carbocycles. The van der Waals surface area contributed by atoms with Gasteiger partial charge in [0.15, 0.2) is 0 Å². The predicted molar refractivity (Wildman–Crippen MR) is 25.0 cm³/mol. The van der Waals surface area contributed by atoms with Crippen molar-refractivity contribution >= 4 is 5.67 Å². The number of carbonyl (C=O) groups is 2. The van der Waals surface area contributed by atoms with Crippen LogP contribution in [0.1, 0.15) is 6.92 Å².